The number of fused-ring (bicyclic) bond motifs is 1. The van der Waals surface area contributed by atoms with Crippen molar-refractivity contribution in [2.75, 3.05) is 19.9 Å². The fourth-order valence-electron chi connectivity index (χ4n) is 4.11. The monoisotopic (exact) mass is 592 g/mol. The molecule has 0 bridgehead atoms. The van der Waals surface area contributed by atoms with Gasteiger partial charge < -0.3 is 29.7 Å². The first-order chi connectivity index (χ1) is 19.4. The first-order valence-electron chi connectivity index (χ1n) is 13.1. The Bertz CT molecular complexity index is 1470. The van der Waals surface area contributed by atoms with Crippen LogP contribution in [0.25, 0.3) is 0 Å². The predicted molar refractivity (Wildman–Crippen MR) is 148 cm³/mol. The van der Waals surface area contributed by atoms with Crippen molar-refractivity contribution in [1.29, 1.82) is 0 Å². The number of thiazole rings is 1. The number of aliphatic hydroxyl groups is 1. The zero-order valence-corrected chi connectivity index (χ0v) is 24.0. The minimum Gasteiger partial charge on any atom is -0.487 e. The molecule has 2 heterocycles. The van der Waals surface area contributed by atoms with Crippen LogP contribution in [0.2, 0.25) is 0 Å². The minimum atomic E-state index is -4.15. The zero-order chi connectivity index (χ0) is 29.8. The number of benzene rings is 2. The fourth-order valence-corrected chi connectivity index (χ4v) is 6.33. The van der Waals surface area contributed by atoms with Gasteiger partial charge in [-0.25, -0.2) is 18.2 Å². The Hall–Kier alpha value is -3.39. The lowest BCUT2D eigenvalue weighted by molar-refractivity contribution is 0.0980. The molecule has 1 aliphatic rings. The number of nitrogens with zero attached hydrogens (tertiary/aromatic N) is 2. The Labute approximate surface area is 238 Å². The summed E-state index contributed by atoms with van der Waals surface area (Å²) in [5.74, 6) is 1.14. The molecule has 1 aromatic heterocycles. The molecule has 1 amide bonds. The molecule has 0 saturated heterocycles. The Morgan fingerprint density at radius 3 is 2.58 bits per heavy atom. The van der Waals surface area contributed by atoms with Crippen LogP contribution in [0, 0.1) is 12.8 Å². The second kappa shape index (κ2) is 12.9. The first-order valence-corrected chi connectivity index (χ1v) is 14.9. The van der Waals surface area contributed by atoms with Crippen molar-refractivity contribution in [3.8, 4) is 17.2 Å². The van der Waals surface area contributed by atoms with E-state index in [0.717, 1.165) is 15.0 Å². The first kappa shape index (κ1) is 28.1. The van der Waals surface area contributed by atoms with Crippen molar-refractivity contribution in [1.82, 2.24) is 14.6 Å². The second-order valence-corrected chi connectivity index (χ2v) is 12.7. The quantitative estimate of drug-likeness (QED) is 0.271. The van der Waals surface area contributed by atoms with E-state index in [-0.39, 0.29) is 42.9 Å². The average molecular weight is 593 g/mol. The van der Waals surface area contributed by atoms with Crippen molar-refractivity contribution in [3.63, 3.8) is 0 Å². The molecule has 2 atom stereocenters. The van der Waals surface area contributed by atoms with Gasteiger partial charge in [0.15, 0.2) is 11.5 Å². The van der Waals surface area contributed by atoms with Crippen LogP contribution in [0.4, 0.5) is 4.79 Å². The van der Waals surface area contributed by atoms with Gasteiger partial charge in [-0.1, -0.05) is 26.0 Å². The smallest absolute Gasteiger partial charge is 0.404 e. The lowest BCUT2D eigenvalue weighted by Gasteiger charge is -2.30. The van der Waals surface area contributed by atoms with Gasteiger partial charge in [0.1, 0.15) is 12.4 Å². The summed E-state index contributed by atoms with van der Waals surface area (Å²) in [6.45, 7) is 5.32. The number of rotatable bonds is 13. The number of carbonyl (C=O) groups is 1. The topological polar surface area (TPSA) is 148 Å². The van der Waals surface area contributed by atoms with Gasteiger partial charge in [-0.15, -0.1) is 11.3 Å². The highest BCUT2D eigenvalue weighted by molar-refractivity contribution is 7.89. The summed E-state index contributed by atoms with van der Waals surface area (Å²) in [4.78, 5) is 15.9. The highest BCUT2D eigenvalue weighted by Gasteiger charge is 2.32. The molecule has 3 N–H and O–H groups in total. The molecule has 2 aromatic carbocycles. The van der Waals surface area contributed by atoms with Crippen molar-refractivity contribution in [2.24, 2.45) is 5.92 Å². The summed E-state index contributed by atoms with van der Waals surface area (Å²) in [7, 11) is -4.15. The summed E-state index contributed by atoms with van der Waals surface area (Å²) in [6, 6.07) is 8.74. The van der Waals surface area contributed by atoms with Gasteiger partial charge in [0.05, 0.1) is 29.1 Å². The molecule has 0 radical (unpaired) electrons. The van der Waals surface area contributed by atoms with Crippen LogP contribution in [-0.4, -0.2) is 66.0 Å². The number of ether oxygens (including phenoxy) is 3. The number of aliphatic hydroxyl groups excluding tert-OH is 1. The van der Waals surface area contributed by atoms with Crippen LogP contribution in [0.1, 0.15) is 31.5 Å². The van der Waals surface area contributed by atoms with E-state index >= 15 is 0 Å². The summed E-state index contributed by atoms with van der Waals surface area (Å²) < 4.78 is 53.5. The van der Waals surface area contributed by atoms with E-state index in [2.05, 4.69) is 10.3 Å². The largest absolute Gasteiger partial charge is 0.487 e. The van der Waals surface area contributed by atoms with E-state index in [1.165, 1.54) is 29.5 Å². The van der Waals surface area contributed by atoms with Crippen molar-refractivity contribution < 1.29 is 39.0 Å². The van der Waals surface area contributed by atoms with E-state index < -0.39 is 34.8 Å². The normalized spacial score (nSPS) is 15.5. The third-order valence-electron chi connectivity index (χ3n) is 5.97. The maximum Gasteiger partial charge on any atom is 0.404 e. The van der Waals surface area contributed by atoms with Gasteiger partial charge >= 0.3 is 6.09 Å². The maximum atomic E-state index is 13.6. The zero-order valence-electron chi connectivity index (χ0n) is 23.4. The molecule has 3 aromatic rings. The van der Waals surface area contributed by atoms with Crippen LogP contribution >= 0.6 is 11.3 Å². The van der Waals surface area contributed by atoms with E-state index in [1.54, 1.807) is 24.3 Å². The van der Waals surface area contributed by atoms with E-state index in [9.17, 15) is 23.4 Å². The Morgan fingerprint density at radius 2 is 1.93 bits per heavy atom. The highest BCUT2D eigenvalue weighted by atomic mass is 32.2. The molecule has 0 spiro atoms. The summed E-state index contributed by atoms with van der Waals surface area (Å²) in [5, 5.41) is 25.6. The highest BCUT2D eigenvalue weighted by Crippen LogP contribution is 2.35. The number of sulfonamides is 1. The minimum absolute atomic E-state index is 0.0198. The molecule has 0 saturated carbocycles. The molecule has 0 fully saturated rings. The van der Waals surface area contributed by atoms with Crippen molar-refractivity contribution in [2.45, 2.75) is 50.8 Å². The van der Waals surface area contributed by atoms with Gasteiger partial charge in [-0.3, -0.25) is 0 Å². The molecule has 216 valence electrons. The molecule has 4 rings (SSSR count). The number of aryl methyl sites for hydroxylation is 1. The third kappa shape index (κ3) is 7.62. The molecular weight excluding hydrogens is 558 g/mol. The Balaban J connectivity index is 1.51. The summed E-state index contributed by atoms with van der Waals surface area (Å²) >= 11 is 1.53. The molecule has 1 aliphatic heterocycles. The molecular formula is C27H33N3O8S2. The van der Waals surface area contributed by atoms with Crippen LogP contribution in [0.5, 0.6) is 17.2 Å². The predicted octanol–water partition coefficient (Wildman–Crippen LogP) is 3.65. The van der Waals surface area contributed by atoms with Gasteiger partial charge in [-0.2, -0.15) is 4.31 Å². The number of aromatic nitrogens is 1. The van der Waals surface area contributed by atoms with Gasteiger partial charge in [0, 0.05) is 24.5 Å². The molecule has 0 aliphatic carbocycles. The third-order valence-corrected chi connectivity index (χ3v) is 8.62. The van der Waals surface area contributed by atoms with Crippen LogP contribution in [-0.2, 0) is 23.1 Å². The maximum absolute atomic E-state index is 13.6. The number of hydrogen-bond acceptors (Lipinski definition) is 9. The number of hydrogen-bond donors (Lipinski definition) is 3. The van der Waals surface area contributed by atoms with Crippen LogP contribution in [0.15, 0.2) is 52.7 Å². The average Bonchev–Trinajstić information content (AvgIpc) is 3.55. The second-order valence-electron chi connectivity index (χ2n) is 9.67. The summed E-state index contributed by atoms with van der Waals surface area (Å²) in [5.41, 5.74) is 1.34. The van der Waals surface area contributed by atoms with E-state index in [0.29, 0.717) is 17.1 Å². The number of amides is 1. The van der Waals surface area contributed by atoms with Crippen LogP contribution in [0.3, 0.4) is 0 Å². The standard InChI is InChI=1S/C27H33N3O8S2/c1-17(2)12-30(40(34,35)22-8-9-25-26(11-22)38-16-37-25)13-24(31)23(29-27(32)33)10-19-4-6-21(7-5-19)36-14-20-15-39-18(3)28-20/h4-9,11,15,17,23-24,29,31H,10,12-14,16H2,1-3H3,(H,32,33)/t23-,24+/m0/s1/i23D. The molecule has 11 nitrogen and oxygen atoms in total. The Kier molecular flexibility index (Phi) is 9.04. The Morgan fingerprint density at radius 1 is 1.20 bits per heavy atom. The van der Waals surface area contributed by atoms with E-state index in [1.807, 2.05) is 26.2 Å². The molecule has 13 heteroatoms. The number of nitrogens with one attached hydrogen (secondary N) is 1. The lowest BCUT2D eigenvalue weighted by Crippen LogP contribution is -2.50. The van der Waals surface area contributed by atoms with Crippen molar-refractivity contribution in [3.05, 3.63) is 64.1 Å². The van der Waals surface area contributed by atoms with Crippen molar-refractivity contribution >= 4 is 27.5 Å². The van der Waals surface area contributed by atoms with Gasteiger partial charge in [0.25, 0.3) is 0 Å². The number of carboxylic acid groups (broad SMARTS) is 1. The SMILES string of the molecule is [2H][C@@](Cc1ccc(OCc2csc(C)n2)cc1)(NC(=O)O)[C@H](O)CN(CC(C)C)S(=O)(=O)c1ccc2c(c1)OCO2. The van der Waals surface area contributed by atoms with E-state index in [4.69, 9.17) is 15.6 Å². The fraction of sp³-hybridized carbons (Fsp3) is 0.407. The molecule has 40 heavy (non-hydrogen) atoms. The van der Waals surface area contributed by atoms with Gasteiger partial charge in [-0.05, 0) is 49.1 Å². The summed E-state index contributed by atoms with van der Waals surface area (Å²) in [6.07, 6.45) is -3.47. The van der Waals surface area contributed by atoms with Gasteiger partial charge in [0.2, 0.25) is 16.8 Å². The van der Waals surface area contributed by atoms with Crippen LogP contribution < -0.4 is 19.5 Å². The molecule has 0 unspecified atom stereocenters. The lowest BCUT2D eigenvalue weighted by atomic mass is 10.0.